The fourth-order valence-corrected chi connectivity index (χ4v) is 3.08. The average Bonchev–Trinajstić information content (AvgIpc) is 2.60. The maximum Gasteiger partial charge on any atom is 0.244 e. The van der Waals surface area contributed by atoms with Gasteiger partial charge in [0.25, 0.3) is 0 Å². The molecule has 0 aliphatic rings. The SMILES string of the molecule is CCN(CC)c1ccc(/C=N/NC(=O)Cc2ccc(F)cc2)cc1Br. The van der Waals surface area contributed by atoms with Gasteiger partial charge in [-0.3, -0.25) is 4.79 Å². The predicted octanol–water partition coefficient (Wildman–Crippen LogP) is 4.13. The van der Waals surface area contributed by atoms with Gasteiger partial charge in [-0.15, -0.1) is 0 Å². The highest BCUT2D eigenvalue weighted by atomic mass is 79.9. The first-order chi connectivity index (χ1) is 12.0. The van der Waals surface area contributed by atoms with E-state index in [9.17, 15) is 9.18 Å². The minimum absolute atomic E-state index is 0.155. The van der Waals surface area contributed by atoms with E-state index in [0.717, 1.165) is 34.4 Å². The standard InChI is InChI=1S/C19H21BrFN3O/c1-3-24(4-2)18-10-7-15(11-17(18)20)13-22-23-19(25)12-14-5-8-16(21)9-6-14/h5-11,13H,3-4,12H2,1-2H3,(H,23,25)/b22-13+. The van der Waals surface area contributed by atoms with Crippen molar-refractivity contribution in [1.29, 1.82) is 0 Å². The molecule has 0 aliphatic carbocycles. The number of hydrazone groups is 1. The summed E-state index contributed by atoms with van der Waals surface area (Å²) in [7, 11) is 0. The van der Waals surface area contributed by atoms with E-state index in [2.05, 4.69) is 45.2 Å². The van der Waals surface area contributed by atoms with Crippen LogP contribution in [-0.2, 0) is 11.2 Å². The highest BCUT2D eigenvalue weighted by molar-refractivity contribution is 9.10. The van der Waals surface area contributed by atoms with Crippen LogP contribution in [0.5, 0.6) is 0 Å². The van der Waals surface area contributed by atoms with Crippen molar-refractivity contribution in [2.75, 3.05) is 18.0 Å². The largest absolute Gasteiger partial charge is 0.371 e. The van der Waals surface area contributed by atoms with E-state index >= 15 is 0 Å². The predicted molar refractivity (Wildman–Crippen MR) is 104 cm³/mol. The van der Waals surface area contributed by atoms with E-state index in [4.69, 9.17) is 0 Å². The Morgan fingerprint density at radius 1 is 1.20 bits per heavy atom. The Labute approximate surface area is 155 Å². The normalized spacial score (nSPS) is 10.9. The van der Waals surface area contributed by atoms with Gasteiger partial charge in [-0.05, 0) is 65.2 Å². The Bertz CT molecular complexity index is 743. The summed E-state index contributed by atoms with van der Waals surface area (Å²) >= 11 is 3.58. The molecule has 132 valence electrons. The van der Waals surface area contributed by atoms with Gasteiger partial charge in [-0.2, -0.15) is 5.10 Å². The van der Waals surface area contributed by atoms with Crippen molar-refractivity contribution < 1.29 is 9.18 Å². The highest BCUT2D eigenvalue weighted by Gasteiger charge is 2.07. The third-order valence-electron chi connectivity index (χ3n) is 3.76. The summed E-state index contributed by atoms with van der Waals surface area (Å²) < 4.78 is 13.8. The number of hydrogen-bond donors (Lipinski definition) is 1. The maximum absolute atomic E-state index is 12.8. The Morgan fingerprint density at radius 2 is 1.88 bits per heavy atom. The topological polar surface area (TPSA) is 44.7 Å². The smallest absolute Gasteiger partial charge is 0.244 e. The summed E-state index contributed by atoms with van der Waals surface area (Å²) in [6, 6.07) is 11.8. The number of nitrogens with zero attached hydrogens (tertiary/aromatic N) is 2. The third-order valence-corrected chi connectivity index (χ3v) is 4.39. The van der Waals surface area contributed by atoms with Crippen LogP contribution in [0.1, 0.15) is 25.0 Å². The summed E-state index contributed by atoms with van der Waals surface area (Å²) in [5, 5.41) is 3.98. The molecular weight excluding hydrogens is 385 g/mol. The molecule has 0 atom stereocenters. The highest BCUT2D eigenvalue weighted by Crippen LogP contribution is 2.26. The molecule has 2 aromatic carbocycles. The molecule has 0 fully saturated rings. The summed E-state index contributed by atoms with van der Waals surface area (Å²) in [6.07, 6.45) is 1.75. The van der Waals surface area contributed by atoms with Gasteiger partial charge in [0.15, 0.2) is 0 Å². The monoisotopic (exact) mass is 405 g/mol. The van der Waals surface area contributed by atoms with Crippen molar-refractivity contribution in [1.82, 2.24) is 5.43 Å². The second-order valence-electron chi connectivity index (χ2n) is 5.48. The number of halogens is 2. The zero-order valence-electron chi connectivity index (χ0n) is 14.3. The zero-order valence-corrected chi connectivity index (χ0v) is 15.9. The second kappa shape index (κ2) is 9.32. The van der Waals surface area contributed by atoms with E-state index in [1.54, 1.807) is 18.3 Å². The van der Waals surface area contributed by atoms with Crippen molar-refractivity contribution in [3.05, 3.63) is 63.9 Å². The maximum atomic E-state index is 12.8. The van der Waals surface area contributed by atoms with Crippen molar-refractivity contribution in [3.63, 3.8) is 0 Å². The fraction of sp³-hybridized carbons (Fsp3) is 0.263. The fourth-order valence-electron chi connectivity index (χ4n) is 2.43. The van der Waals surface area contributed by atoms with Crippen LogP contribution in [0.4, 0.5) is 10.1 Å². The van der Waals surface area contributed by atoms with Gasteiger partial charge >= 0.3 is 0 Å². The molecule has 2 rings (SSSR count). The number of rotatable bonds is 7. The van der Waals surface area contributed by atoms with Gasteiger partial charge in [-0.1, -0.05) is 18.2 Å². The van der Waals surface area contributed by atoms with Crippen LogP contribution in [0.2, 0.25) is 0 Å². The summed E-state index contributed by atoms with van der Waals surface area (Å²) in [6.45, 7) is 6.09. The first-order valence-corrected chi connectivity index (χ1v) is 8.93. The molecule has 25 heavy (non-hydrogen) atoms. The van der Waals surface area contributed by atoms with Crippen LogP contribution < -0.4 is 10.3 Å². The molecule has 6 heteroatoms. The molecule has 1 amide bonds. The van der Waals surface area contributed by atoms with Crippen molar-refractivity contribution in [3.8, 4) is 0 Å². The summed E-state index contributed by atoms with van der Waals surface area (Å²) in [4.78, 5) is 14.1. The molecule has 0 bridgehead atoms. The molecule has 0 spiro atoms. The lowest BCUT2D eigenvalue weighted by Crippen LogP contribution is -2.22. The Hall–Kier alpha value is -2.21. The summed E-state index contributed by atoms with van der Waals surface area (Å²) in [5.74, 6) is -0.567. The van der Waals surface area contributed by atoms with Crippen LogP contribution in [0, 0.1) is 5.82 Å². The molecule has 0 saturated heterocycles. The third kappa shape index (κ3) is 5.67. The van der Waals surface area contributed by atoms with E-state index in [1.165, 1.54) is 12.1 Å². The van der Waals surface area contributed by atoms with Gasteiger partial charge in [0.1, 0.15) is 5.82 Å². The molecule has 0 aliphatic heterocycles. The van der Waals surface area contributed by atoms with Crippen LogP contribution in [0.3, 0.4) is 0 Å². The minimum atomic E-state index is -0.319. The number of carbonyl (C=O) groups is 1. The van der Waals surface area contributed by atoms with Crippen molar-refractivity contribution >= 4 is 33.7 Å². The minimum Gasteiger partial charge on any atom is -0.371 e. The molecular formula is C19H21BrFN3O. The quantitative estimate of drug-likeness (QED) is 0.555. The summed E-state index contributed by atoms with van der Waals surface area (Å²) in [5.41, 5.74) is 5.23. The molecule has 1 N–H and O–H groups in total. The lowest BCUT2D eigenvalue weighted by Gasteiger charge is -2.22. The van der Waals surface area contributed by atoms with Crippen molar-refractivity contribution in [2.45, 2.75) is 20.3 Å². The van der Waals surface area contributed by atoms with Crippen molar-refractivity contribution in [2.24, 2.45) is 5.10 Å². The molecule has 0 aromatic heterocycles. The van der Waals surface area contributed by atoms with Crippen LogP contribution in [0.25, 0.3) is 0 Å². The first kappa shape index (κ1) is 19.1. The van der Waals surface area contributed by atoms with E-state index < -0.39 is 0 Å². The lowest BCUT2D eigenvalue weighted by molar-refractivity contribution is -0.120. The van der Waals surface area contributed by atoms with Gasteiger partial charge in [0.05, 0.1) is 18.3 Å². The molecule has 0 radical (unpaired) electrons. The number of nitrogens with one attached hydrogen (secondary N) is 1. The number of anilines is 1. The number of benzene rings is 2. The number of carbonyl (C=O) groups excluding carboxylic acids is 1. The molecule has 2 aromatic rings. The van der Waals surface area contributed by atoms with Crippen LogP contribution in [-0.4, -0.2) is 25.2 Å². The van der Waals surface area contributed by atoms with E-state index in [0.29, 0.717) is 0 Å². The van der Waals surface area contributed by atoms with Gasteiger partial charge < -0.3 is 4.90 Å². The Kier molecular flexibility index (Phi) is 7.13. The average molecular weight is 406 g/mol. The van der Waals surface area contributed by atoms with Crippen LogP contribution in [0.15, 0.2) is 52.0 Å². The van der Waals surface area contributed by atoms with Crippen LogP contribution >= 0.6 is 15.9 Å². The van der Waals surface area contributed by atoms with Gasteiger partial charge in [0, 0.05) is 17.6 Å². The van der Waals surface area contributed by atoms with Gasteiger partial charge in [0.2, 0.25) is 5.91 Å². The second-order valence-corrected chi connectivity index (χ2v) is 6.33. The molecule has 0 unspecified atom stereocenters. The zero-order chi connectivity index (χ0) is 18.2. The van der Waals surface area contributed by atoms with E-state index in [1.807, 2.05) is 18.2 Å². The number of amides is 1. The lowest BCUT2D eigenvalue weighted by atomic mass is 10.1. The van der Waals surface area contributed by atoms with Gasteiger partial charge in [-0.25, -0.2) is 9.82 Å². The van der Waals surface area contributed by atoms with E-state index in [-0.39, 0.29) is 18.1 Å². The number of hydrogen-bond acceptors (Lipinski definition) is 3. The Morgan fingerprint density at radius 3 is 2.48 bits per heavy atom. The first-order valence-electron chi connectivity index (χ1n) is 8.14. The molecule has 0 heterocycles. The molecule has 0 saturated carbocycles. The Balaban J connectivity index is 1.94. The molecule has 4 nitrogen and oxygen atoms in total.